The second-order valence-corrected chi connectivity index (χ2v) is 7.68. The second-order valence-electron chi connectivity index (χ2n) is 7.68. The Kier molecular flexibility index (Phi) is 7.96. The van der Waals surface area contributed by atoms with Crippen molar-refractivity contribution in [1.29, 1.82) is 0 Å². The highest BCUT2D eigenvalue weighted by Crippen LogP contribution is 2.25. The zero-order valence-electron chi connectivity index (χ0n) is 18.9. The molecule has 1 fully saturated rings. The molecule has 0 unspecified atom stereocenters. The van der Waals surface area contributed by atoms with Crippen molar-refractivity contribution >= 4 is 41.0 Å². The summed E-state index contributed by atoms with van der Waals surface area (Å²) >= 11 is 0. The van der Waals surface area contributed by atoms with Crippen molar-refractivity contribution in [2.45, 2.75) is 25.8 Å². The topological polar surface area (TPSA) is 134 Å². The predicted octanol–water partition coefficient (Wildman–Crippen LogP) is 1.79. The second kappa shape index (κ2) is 11.1. The number of rotatable bonds is 7. The lowest BCUT2D eigenvalue weighted by Gasteiger charge is -2.25. The number of hydrogen-bond donors (Lipinski definition) is 3. The number of nitrogens with zero attached hydrogens (tertiary/aromatic N) is 1. The minimum absolute atomic E-state index is 0.223. The van der Waals surface area contributed by atoms with Crippen molar-refractivity contribution in [3.05, 3.63) is 59.7 Å². The van der Waals surface area contributed by atoms with Crippen LogP contribution in [0.5, 0.6) is 0 Å². The van der Waals surface area contributed by atoms with Crippen LogP contribution in [-0.4, -0.2) is 60.7 Å². The Bertz CT molecular complexity index is 1120. The molecule has 3 rings (SSSR count). The van der Waals surface area contributed by atoms with Crippen LogP contribution in [0.15, 0.2) is 48.5 Å². The van der Waals surface area contributed by atoms with Gasteiger partial charge in [0.1, 0.15) is 12.6 Å². The summed E-state index contributed by atoms with van der Waals surface area (Å²) in [5.74, 6) is -2.26. The van der Waals surface area contributed by atoms with E-state index >= 15 is 0 Å². The molecule has 34 heavy (non-hydrogen) atoms. The predicted molar refractivity (Wildman–Crippen MR) is 124 cm³/mol. The number of nitrogens with one attached hydrogen (secondary N) is 3. The number of amides is 4. The molecule has 4 amide bonds. The van der Waals surface area contributed by atoms with Crippen molar-refractivity contribution in [3.63, 3.8) is 0 Å². The van der Waals surface area contributed by atoms with Crippen LogP contribution in [0.25, 0.3) is 0 Å². The Morgan fingerprint density at radius 3 is 2.21 bits per heavy atom. The molecule has 0 spiro atoms. The molecular weight excluding hydrogens is 440 g/mol. The number of hydrogen-bond acceptors (Lipinski definition) is 6. The van der Waals surface area contributed by atoms with Gasteiger partial charge in [0.05, 0.1) is 29.6 Å². The summed E-state index contributed by atoms with van der Waals surface area (Å²) in [6.07, 6.45) is 1.08. The van der Waals surface area contributed by atoms with Crippen molar-refractivity contribution < 1.29 is 28.7 Å². The number of benzene rings is 2. The highest BCUT2D eigenvalue weighted by Gasteiger charge is 2.35. The first-order chi connectivity index (χ1) is 16.3. The molecule has 3 N–H and O–H groups in total. The van der Waals surface area contributed by atoms with Crippen LogP contribution in [0.1, 0.15) is 40.5 Å². The van der Waals surface area contributed by atoms with Gasteiger partial charge in [-0.15, -0.1) is 0 Å². The molecule has 1 aliphatic heterocycles. The van der Waals surface area contributed by atoms with Gasteiger partial charge in [-0.2, -0.15) is 0 Å². The number of anilines is 2. The lowest BCUT2D eigenvalue weighted by molar-refractivity contribution is -0.141. The largest absolute Gasteiger partial charge is 0.468 e. The number of likely N-dealkylation sites (tertiary alicyclic amines) is 1. The number of methoxy groups -OCH3 is 1. The van der Waals surface area contributed by atoms with Crippen molar-refractivity contribution in [2.24, 2.45) is 0 Å². The van der Waals surface area contributed by atoms with E-state index in [0.717, 1.165) is 0 Å². The molecule has 0 bridgehead atoms. The number of para-hydroxylation sites is 2. The Hall–Kier alpha value is -4.21. The number of esters is 1. The highest BCUT2D eigenvalue weighted by atomic mass is 16.5. The molecule has 0 radical (unpaired) electrons. The van der Waals surface area contributed by atoms with Crippen LogP contribution < -0.4 is 16.0 Å². The molecule has 2 aromatic rings. The summed E-state index contributed by atoms with van der Waals surface area (Å²) in [7, 11) is 1.22. The van der Waals surface area contributed by atoms with Crippen molar-refractivity contribution in [3.8, 4) is 0 Å². The molecule has 0 aliphatic carbocycles. The summed E-state index contributed by atoms with van der Waals surface area (Å²) in [6.45, 7) is 1.42. The fourth-order valence-electron chi connectivity index (χ4n) is 3.73. The first-order valence-electron chi connectivity index (χ1n) is 10.7. The van der Waals surface area contributed by atoms with Gasteiger partial charge >= 0.3 is 5.97 Å². The molecule has 1 saturated heterocycles. The minimum atomic E-state index is -0.735. The number of carbonyl (C=O) groups excluding carboxylic acids is 5. The van der Waals surface area contributed by atoms with Gasteiger partial charge < -0.3 is 25.6 Å². The summed E-state index contributed by atoms with van der Waals surface area (Å²) < 4.78 is 4.53. The average Bonchev–Trinajstić information content (AvgIpc) is 3.32. The molecule has 10 nitrogen and oxygen atoms in total. The third-order valence-corrected chi connectivity index (χ3v) is 5.34. The van der Waals surface area contributed by atoms with Gasteiger partial charge in [0.15, 0.2) is 0 Å². The Morgan fingerprint density at radius 1 is 0.941 bits per heavy atom. The van der Waals surface area contributed by atoms with E-state index in [2.05, 4.69) is 20.7 Å². The standard InChI is InChI=1S/C24H26N4O6/c1-15(29)26-18-10-5-3-8-16(18)22(31)27-19-11-6-4-9-17(19)24(33)28-13-7-12-20(28)23(32)25-14-21(30)34-2/h3-6,8-11,20H,7,12-14H2,1-2H3,(H,25,32)(H,26,29)(H,27,31)/t20-/m0/s1. The van der Waals surface area contributed by atoms with Crippen LogP contribution in [0.4, 0.5) is 11.4 Å². The van der Waals surface area contributed by atoms with Gasteiger partial charge in [-0.3, -0.25) is 24.0 Å². The summed E-state index contributed by atoms with van der Waals surface area (Å²) in [4.78, 5) is 63.1. The molecule has 10 heteroatoms. The molecule has 0 saturated carbocycles. The molecule has 2 aromatic carbocycles. The first kappa shape index (κ1) is 24.4. The summed E-state index contributed by atoms with van der Waals surface area (Å²) in [5.41, 5.74) is 1.08. The van der Waals surface area contributed by atoms with E-state index in [1.54, 1.807) is 48.5 Å². The van der Waals surface area contributed by atoms with Crippen LogP contribution in [0, 0.1) is 0 Å². The fraction of sp³-hybridized carbons (Fsp3) is 0.292. The fourth-order valence-corrected chi connectivity index (χ4v) is 3.73. The SMILES string of the molecule is COC(=O)CNC(=O)[C@@H]1CCCN1C(=O)c1ccccc1NC(=O)c1ccccc1NC(C)=O. The highest BCUT2D eigenvalue weighted by molar-refractivity contribution is 6.12. The first-order valence-corrected chi connectivity index (χ1v) is 10.7. The van der Waals surface area contributed by atoms with Crippen LogP contribution in [0.2, 0.25) is 0 Å². The lowest BCUT2D eigenvalue weighted by Crippen LogP contribution is -2.47. The quantitative estimate of drug-likeness (QED) is 0.533. The van der Waals surface area contributed by atoms with E-state index in [9.17, 15) is 24.0 Å². The molecule has 178 valence electrons. The summed E-state index contributed by atoms with van der Waals surface area (Å²) in [5, 5.41) is 7.84. The van der Waals surface area contributed by atoms with Crippen LogP contribution in [-0.2, 0) is 19.1 Å². The third-order valence-electron chi connectivity index (χ3n) is 5.34. The van der Waals surface area contributed by atoms with E-state index < -0.39 is 29.7 Å². The maximum atomic E-state index is 13.4. The Balaban J connectivity index is 1.79. The summed E-state index contributed by atoms with van der Waals surface area (Å²) in [6, 6.07) is 12.3. The monoisotopic (exact) mass is 466 g/mol. The maximum absolute atomic E-state index is 13.4. The number of ether oxygens (including phenoxy) is 1. The molecule has 0 aromatic heterocycles. The zero-order valence-corrected chi connectivity index (χ0v) is 18.9. The molecule has 1 atom stereocenters. The van der Waals surface area contributed by atoms with Crippen LogP contribution >= 0.6 is 0 Å². The normalized spacial score (nSPS) is 14.8. The maximum Gasteiger partial charge on any atom is 0.325 e. The number of carbonyl (C=O) groups is 5. The van der Waals surface area contributed by atoms with Gasteiger partial charge in [-0.25, -0.2) is 0 Å². The minimum Gasteiger partial charge on any atom is -0.468 e. The van der Waals surface area contributed by atoms with E-state index in [1.807, 2.05) is 0 Å². The third kappa shape index (κ3) is 5.77. The van der Waals surface area contributed by atoms with Crippen molar-refractivity contribution in [1.82, 2.24) is 10.2 Å². The van der Waals surface area contributed by atoms with E-state index in [0.29, 0.717) is 25.1 Å². The van der Waals surface area contributed by atoms with E-state index in [4.69, 9.17) is 0 Å². The molecule has 1 heterocycles. The van der Waals surface area contributed by atoms with Crippen LogP contribution in [0.3, 0.4) is 0 Å². The molecule has 1 aliphatic rings. The Morgan fingerprint density at radius 2 is 1.56 bits per heavy atom. The smallest absolute Gasteiger partial charge is 0.325 e. The molecular formula is C24H26N4O6. The van der Waals surface area contributed by atoms with E-state index in [1.165, 1.54) is 18.9 Å². The van der Waals surface area contributed by atoms with Gasteiger partial charge in [-0.1, -0.05) is 24.3 Å². The average molecular weight is 466 g/mol. The van der Waals surface area contributed by atoms with Gasteiger partial charge in [0.25, 0.3) is 11.8 Å². The van der Waals surface area contributed by atoms with Gasteiger partial charge in [-0.05, 0) is 37.1 Å². The van der Waals surface area contributed by atoms with Crippen molar-refractivity contribution in [2.75, 3.05) is 30.8 Å². The zero-order chi connectivity index (χ0) is 24.7. The Labute approximate surface area is 196 Å². The van der Waals surface area contributed by atoms with Gasteiger partial charge in [0.2, 0.25) is 11.8 Å². The lowest BCUT2D eigenvalue weighted by atomic mass is 10.1. The van der Waals surface area contributed by atoms with E-state index in [-0.39, 0.29) is 29.3 Å². The van der Waals surface area contributed by atoms with Gasteiger partial charge in [0, 0.05) is 13.5 Å².